The third-order valence-electron chi connectivity index (χ3n) is 4.28. The van der Waals surface area contributed by atoms with Crippen molar-refractivity contribution in [3.8, 4) is 23.1 Å². The van der Waals surface area contributed by atoms with Crippen molar-refractivity contribution in [2.24, 2.45) is 0 Å². The molecule has 0 radical (unpaired) electrons. The predicted molar refractivity (Wildman–Crippen MR) is 105 cm³/mol. The van der Waals surface area contributed by atoms with E-state index >= 15 is 0 Å². The van der Waals surface area contributed by atoms with Crippen LogP contribution in [-0.2, 0) is 6.54 Å². The van der Waals surface area contributed by atoms with Crippen LogP contribution in [0, 0.1) is 24.0 Å². The monoisotopic (exact) mass is 394 g/mol. The van der Waals surface area contributed by atoms with Gasteiger partial charge in [-0.15, -0.1) is 0 Å². The molecule has 0 fully saturated rings. The Morgan fingerprint density at radius 2 is 1.86 bits per heavy atom. The number of nitrogens with zero attached hydrogens (tertiary/aromatic N) is 3. The van der Waals surface area contributed by atoms with E-state index in [2.05, 4.69) is 15.3 Å². The largest absolute Gasteiger partial charge is 0.454 e. The molecular weight excluding hydrogens is 376 g/mol. The summed E-state index contributed by atoms with van der Waals surface area (Å²) in [6.07, 6.45) is 1.23. The predicted octanol–water partition coefficient (Wildman–Crippen LogP) is 4.13. The third kappa shape index (κ3) is 4.03. The summed E-state index contributed by atoms with van der Waals surface area (Å²) in [7, 11) is 0. The summed E-state index contributed by atoms with van der Waals surface area (Å²) >= 11 is 0. The highest BCUT2D eigenvalue weighted by molar-refractivity contribution is 5.62. The SMILES string of the molecule is Cc1cc(C)cc(Oc2ncnc(NCc3ccc4c(c3)OCO4)c2[N+](=O)[O-])c1. The molecule has 0 saturated carbocycles. The molecule has 4 rings (SSSR count). The highest BCUT2D eigenvalue weighted by Gasteiger charge is 2.25. The van der Waals surface area contributed by atoms with Crippen LogP contribution in [0.1, 0.15) is 16.7 Å². The minimum Gasteiger partial charge on any atom is -0.454 e. The van der Waals surface area contributed by atoms with Crippen molar-refractivity contribution in [2.75, 3.05) is 12.1 Å². The molecule has 0 unspecified atom stereocenters. The molecule has 2 heterocycles. The second kappa shape index (κ2) is 7.63. The second-order valence-corrected chi connectivity index (χ2v) is 6.60. The molecule has 0 bridgehead atoms. The van der Waals surface area contributed by atoms with Crippen molar-refractivity contribution in [1.29, 1.82) is 0 Å². The van der Waals surface area contributed by atoms with Gasteiger partial charge in [-0.2, -0.15) is 4.98 Å². The standard InChI is InChI=1S/C20H18N4O5/c1-12-5-13(2)7-15(6-12)29-20-18(24(25)26)19(22-10-23-20)21-9-14-3-4-16-17(8-14)28-11-27-16/h3-8,10H,9,11H2,1-2H3,(H,21,22,23). The molecule has 0 atom stereocenters. The number of fused-ring (bicyclic) bond motifs is 1. The van der Waals surface area contributed by atoms with Crippen molar-refractivity contribution < 1.29 is 19.1 Å². The molecule has 1 aliphatic rings. The lowest BCUT2D eigenvalue weighted by Crippen LogP contribution is -2.07. The van der Waals surface area contributed by atoms with Crippen LogP contribution >= 0.6 is 0 Å². The summed E-state index contributed by atoms with van der Waals surface area (Å²) in [6.45, 7) is 4.33. The fraction of sp³-hybridized carbons (Fsp3) is 0.200. The van der Waals surface area contributed by atoms with Crippen LogP contribution in [0.25, 0.3) is 0 Å². The lowest BCUT2D eigenvalue weighted by Gasteiger charge is -2.10. The van der Waals surface area contributed by atoms with Crippen LogP contribution < -0.4 is 19.5 Å². The average molecular weight is 394 g/mol. The number of hydrogen-bond donors (Lipinski definition) is 1. The van der Waals surface area contributed by atoms with Gasteiger partial charge in [0.15, 0.2) is 11.5 Å². The summed E-state index contributed by atoms with van der Waals surface area (Å²) in [5.41, 5.74) is 2.50. The number of nitro groups is 1. The first-order valence-corrected chi connectivity index (χ1v) is 8.87. The first-order valence-electron chi connectivity index (χ1n) is 8.87. The summed E-state index contributed by atoms with van der Waals surface area (Å²) in [5, 5.41) is 14.7. The Bertz CT molecular complexity index is 1070. The zero-order chi connectivity index (χ0) is 20.4. The smallest absolute Gasteiger partial charge is 0.373 e. The van der Waals surface area contributed by atoms with Gasteiger partial charge in [-0.05, 0) is 54.8 Å². The van der Waals surface area contributed by atoms with E-state index in [1.807, 2.05) is 32.0 Å². The summed E-state index contributed by atoms with van der Waals surface area (Å²) in [5.74, 6) is 1.74. The van der Waals surface area contributed by atoms with Gasteiger partial charge in [0.05, 0.1) is 4.92 Å². The average Bonchev–Trinajstić information content (AvgIpc) is 3.13. The molecule has 3 aromatic rings. The van der Waals surface area contributed by atoms with Gasteiger partial charge in [0.1, 0.15) is 12.1 Å². The van der Waals surface area contributed by atoms with Crippen LogP contribution in [0.2, 0.25) is 0 Å². The van der Waals surface area contributed by atoms with Gasteiger partial charge in [-0.25, -0.2) is 4.98 Å². The second-order valence-electron chi connectivity index (χ2n) is 6.60. The van der Waals surface area contributed by atoms with Crippen molar-refractivity contribution in [2.45, 2.75) is 20.4 Å². The lowest BCUT2D eigenvalue weighted by atomic mass is 10.1. The van der Waals surface area contributed by atoms with Crippen molar-refractivity contribution in [1.82, 2.24) is 9.97 Å². The van der Waals surface area contributed by atoms with Gasteiger partial charge in [-0.1, -0.05) is 12.1 Å². The number of aromatic nitrogens is 2. The van der Waals surface area contributed by atoms with E-state index in [1.165, 1.54) is 6.33 Å². The Balaban J connectivity index is 1.58. The number of aryl methyl sites for hydroxylation is 2. The minimum atomic E-state index is -0.556. The highest BCUT2D eigenvalue weighted by Crippen LogP contribution is 2.36. The normalized spacial score (nSPS) is 11.9. The van der Waals surface area contributed by atoms with E-state index in [9.17, 15) is 10.1 Å². The summed E-state index contributed by atoms with van der Waals surface area (Å²) in [4.78, 5) is 19.1. The molecule has 1 aromatic heterocycles. The molecule has 0 aliphatic carbocycles. The van der Waals surface area contributed by atoms with Gasteiger partial charge < -0.3 is 19.5 Å². The van der Waals surface area contributed by atoms with Gasteiger partial charge in [0, 0.05) is 6.54 Å². The van der Waals surface area contributed by atoms with Crippen LogP contribution in [0.3, 0.4) is 0 Å². The van der Waals surface area contributed by atoms with E-state index in [0.717, 1.165) is 16.7 Å². The van der Waals surface area contributed by atoms with E-state index in [1.54, 1.807) is 18.2 Å². The molecule has 0 amide bonds. The van der Waals surface area contributed by atoms with E-state index in [4.69, 9.17) is 14.2 Å². The zero-order valence-corrected chi connectivity index (χ0v) is 15.8. The first-order chi connectivity index (χ1) is 14.0. The van der Waals surface area contributed by atoms with Gasteiger partial charge in [-0.3, -0.25) is 10.1 Å². The maximum absolute atomic E-state index is 11.7. The Morgan fingerprint density at radius 3 is 2.62 bits per heavy atom. The Labute approximate surface area is 166 Å². The fourth-order valence-corrected chi connectivity index (χ4v) is 3.07. The van der Waals surface area contributed by atoms with Crippen LogP contribution in [0.5, 0.6) is 23.1 Å². The van der Waals surface area contributed by atoms with Crippen LogP contribution in [-0.4, -0.2) is 21.7 Å². The van der Waals surface area contributed by atoms with Crippen molar-refractivity contribution in [3.63, 3.8) is 0 Å². The molecule has 1 N–H and O–H groups in total. The van der Waals surface area contributed by atoms with Gasteiger partial charge in [0.25, 0.3) is 0 Å². The van der Waals surface area contributed by atoms with Gasteiger partial charge >= 0.3 is 11.6 Å². The summed E-state index contributed by atoms with van der Waals surface area (Å²) in [6, 6.07) is 11.0. The van der Waals surface area contributed by atoms with Crippen molar-refractivity contribution in [3.05, 3.63) is 69.5 Å². The molecule has 2 aromatic carbocycles. The minimum absolute atomic E-state index is 0.0713. The number of nitrogens with one attached hydrogen (secondary N) is 1. The van der Waals surface area contributed by atoms with Crippen LogP contribution in [0.4, 0.5) is 11.5 Å². The number of rotatable bonds is 6. The molecular formula is C20H18N4O5. The van der Waals surface area contributed by atoms with E-state index < -0.39 is 4.92 Å². The molecule has 9 nitrogen and oxygen atoms in total. The van der Waals surface area contributed by atoms with Crippen molar-refractivity contribution >= 4 is 11.5 Å². The van der Waals surface area contributed by atoms with Crippen LogP contribution in [0.15, 0.2) is 42.7 Å². The lowest BCUT2D eigenvalue weighted by molar-refractivity contribution is -0.385. The topological polar surface area (TPSA) is 109 Å². The maximum atomic E-state index is 11.7. The number of anilines is 1. The molecule has 0 spiro atoms. The molecule has 0 saturated heterocycles. The zero-order valence-electron chi connectivity index (χ0n) is 15.8. The fourth-order valence-electron chi connectivity index (χ4n) is 3.07. The third-order valence-corrected chi connectivity index (χ3v) is 4.28. The molecule has 9 heteroatoms. The highest BCUT2D eigenvalue weighted by atomic mass is 16.7. The first kappa shape index (κ1) is 18.5. The quantitative estimate of drug-likeness (QED) is 0.491. The maximum Gasteiger partial charge on any atom is 0.373 e. The Kier molecular flexibility index (Phi) is 4.86. The summed E-state index contributed by atoms with van der Waals surface area (Å²) < 4.78 is 16.4. The Morgan fingerprint density at radius 1 is 1.10 bits per heavy atom. The van der Waals surface area contributed by atoms with Gasteiger partial charge in [0.2, 0.25) is 12.6 Å². The Hall–Kier alpha value is -3.88. The van der Waals surface area contributed by atoms with E-state index in [-0.39, 0.29) is 24.2 Å². The number of ether oxygens (including phenoxy) is 3. The molecule has 1 aliphatic heterocycles. The molecule has 29 heavy (non-hydrogen) atoms. The molecule has 148 valence electrons. The van der Waals surface area contributed by atoms with E-state index in [0.29, 0.717) is 23.8 Å². The number of hydrogen-bond acceptors (Lipinski definition) is 8. The number of benzene rings is 2.